The lowest BCUT2D eigenvalue weighted by Crippen LogP contribution is -2.16. The van der Waals surface area contributed by atoms with E-state index in [1.54, 1.807) is 19.1 Å². The van der Waals surface area contributed by atoms with Crippen molar-refractivity contribution in [3.8, 4) is 10.6 Å². The Morgan fingerprint density at radius 2 is 1.95 bits per heavy atom. The van der Waals surface area contributed by atoms with Crippen molar-refractivity contribution in [3.63, 3.8) is 0 Å². The van der Waals surface area contributed by atoms with Crippen LogP contribution in [0.1, 0.15) is 17.4 Å². The van der Waals surface area contributed by atoms with Crippen molar-refractivity contribution in [1.82, 2.24) is 4.98 Å². The van der Waals surface area contributed by atoms with Crippen molar-refractivity contribution in [2.45, 2.75) is 6.92 Å². The van der Waals surface area contributed by atoms with Crippen LogP contribution in [0.2, 0.25) is 0 Å². The molecule has 0 atom stereocenters. The van der Waals surface area contributed by atoms with Gasteiger partial charge in [0.2, 0.25) is 0 Å². The van der Waals surface area contributed by atoms with E-state index in [2.05, 4.69) is 9.72 Å². The molecule has 0 aliphatic rings. The lowest BCUT2D eigenvalue weighted by atomic mass is 10.2. The lowest BCUT2D eigenvalue weighted by Gasteiger charge is -2.02. The number of aromatic nitrogens is 1. The molecule has 110 valence electrons. The molecule has 2 aromatic rings. The van der Waals surface area contributed by atoms with Gasteiger partial charge in [0.25, 0.3) is 0 Å². The van der Waals surface area contributed by atoms with Crippen LogP contribution in [0.25, 0.3) is 10.6 Å². The monoisotopic (exact) mass is 309 g/mol. The number of nitrogens with zero attached hydrogens (tertiary/aromatic N) is 1. The average Bonchev–Trinajstić information content (AvgIpc) is 2.96. The highest BCUT2D eigenvalue weighted by Gasteiger charge is 2.15. The molecule has 0 radical (unpaired) electrons. The zero-order chi connectivity index (χ0) is 15.2. The van der Waals surface area contributed by atoms with Crippen molar-refractivity contribution < 1.29 is 23.5 Å². The lowest BCUT2D eigenvalue weighted by molar-refractivity contribution is -0.146. The molecule has 21 heavy (non-hydrogen) atoms. The minimum absolute atomic E-state index is 0.101. The summed E-state index contributed by atoms with van der Waals surface area (Å²) >= 11 is 1.23. The number of ether oxygens (including phenoxy) is 2. The Morgan fingerprint density at radius 1 is 1.24 bits per heavy atom. The van der Waals surface area contributed by atoms with Gasteiger partial charge >= 0.3 is 11.9 Å². The van der Waals surface area contributed by atoms with E-state index in [9.17, 15) is 14.0 Å². The minimum atomic E-state index is -0.701. The van der Waals surface area contributed by atoms with Crippen LogP contribution in [0.5, 0.6) is 0 Å². The zero-order valence-electron chi connectivity index (χ0n) is 11.2. The van der Waals surface area contributed by atoms with E-state index in [1.807, 2.05) is 0 Å². The van der Waals surface area contributed by atoms with Gasteiger partial charge in [-0.15, -0.1) is 11.3 Å². The van der Waals surface area contributed by atoms with Crippen LogP contribution >= 0.6 is 11.3 Å². The first-order valence-corrected chi connectivity index (χ1v) is 7.02. The van der Waals surface area contributed by atoms with Crippen molar-refractivity contribution in [3.05, 3.63) is 41.2 Å². The fourth-order valence-electron chi connectivity index (χ4n) is 1.49. The van der Waals surface area contributed by atoms with Crippen LogP contribution < -0.4 is 0 Å². The van der Waals surface area contributed by atoms with Gasteiger partial charge in [0.05, 0.1) is 6.61 Å². The predicted octanol–water partition coefficient (Wildman–Crippen LogP) is 2.67. The van der Waals surface area contributed by atoms with Gasteiger partial charge < -0.3 is 9.47 Å². The molecule has 0 N–H and O–H groups in total. The number of carbonyl (C=O) groups is 2. The first-order chi connectivity index (χ1) is 10.1. The van der Waals surface area contributed by atoms with Gasteiger partial charge in [-0.3, -0.25) is 0 Å². The molecule has 0 saturated heterocycles. The number of esters is 2. The molecular weight excluding hydrogens is 297 g/mol. The SMILES string of the molecule is CCOC(=O)COC(=O)c1csc(-c2ccc(F)cc2)n1. The van der Waals surface area contributed by atoms with Gasteiger partial charge in [0.1, 0.15) is 10.8 Å². The quantitative estimate of drug-likeness (QED) is 0.794. The number of hydrogen-bond acceptors (Lipinski definition) is 6. The fourth-order valence-corrected chi connectivity index (χ4v) is 2.29. The molecular formula is C14H12FNO4S. The number of halogens is 1. The smallest absolute Gasteiger partial charge is 0.358 e. The second-order valence-corrected chi connectivity index (χ2v) is 4.78. The highest BCUT2D eigenvalue weighted by atomic mass is 32.1. The molecule has 0 saturated carbocycles. The summed E-state index contributed by atoms with van der Waals surface area (Å²) in [7, 11) is 0. The number of carbonyl (C=O) groups excluding carboxylic acids is 2. The maximum absolute atomic E-state index is 12.8. The molecule has 0 aliphatic carbocycles. The van der Waals surface area contributed by atoms with E-state index in [4.69, 9.17) is 4.74 Å². The van der Waals surface area contributed by atoms with Gasteiger partial charge in [-0.1, -0.05) is 0 Å². The number of thiazole rings is 1. The normalized spacial score (nSPS) is 10.2. The molecule has 2 rings (SSSR count). The number of rotatable bonds is 5. The molecule has 0 fully saturated rings. The van der Waals surface area contributed by atoms with Crippen molar-refractivity contribution in [1.29, 1.82) is 0 Å². The van der Waals surface area contributed by atoms with Gasteiger partial charge in [-0.05, 0) is 31.2 Å². The summed E-state index contributed by atoms with van der Waals surface area (Å²) in [6, 6.07) is 5.77. The minimum Gasteiger partial charge on any atom is -0.463 e. The van der Waals surface area contributed by atoms with Crippen LogP contribution in [0.3, 0.4) is 0 Å². The zero-order valence-corrected chi connectivity index (χ0v) is 12.0. The number of hydrogen-bond donors (Lipinski definition) is 0. The number of benzene rings is 1. The van der Waals surface area contributed by atoms with Crippen LogP contribution in [0.15, 0.2) is 29.6 Å². The molecule has 0 aliphatic heterocycles. The van der Waals surface area contributed by atoms with E-state index in [1.165, 1.54) is 28.8 Å². The summed E-state index contributed by atoms with van der Waals surface area (Å²) in [6.45, 7) is 1.44. The first-order valence-electron chi connectivity index (χ1n) is 6.14. The third-order valence-corrected chi connectivity index (χ3v) is 3.32. The topological polar surface area (TPSA) is 65.5 Å². The molecule has 1 aromatic carbocycles. The van der Waals surface area contributed by atoms with Gasteiger partial charge in [0.15, 0.2) is 12.3 Å². The molecule has 5 nitrogen and oxygen atoms in total. The Balaban J connectivity index is 2.00. The van der Waals surface area contributed by atoms with Crippen molar-refractivity contribution >= 4 is 23.3 Å². The standard InChI is InChI=1S/C14H12FNO4S/c1-2-19-12(17)7-20-14(18)11-8-21-13(16-11)9-3-5-10(15)6-4-9/h3-6,8H,2,7H2,1H3. The Kier molecular flexibility index (Phi) is 4.99. The van der Waals surface area contributed by atoms with Gasteiger partial charge in [-0.2, -0.15) is 0 Å². The highest BCUT2D eigenvalue weighted by molar-refractivity contribution is 7.13. The van der Waals surface area contributed by atoms with Crippen molar-refractivity contribution in [2.24, 2.45) is 0 Å². The Bertz CT molecular complexity index is 639. The fraction of sp³-hybridized carbons (Fsp3) is 0.214. The summed E-state index contributed by atoms with van der Waals surface area (Å²) in [4.78, 5) is 26.9. The van der Waals surface area contributed by atoms with E-state index in [-0.39, 0.29) is 18.1 Å². The second-order valence-electron chi connectivity index (χ2n) is 3.93. The molecule has 0 bridgehead atoms. The van der Waals surface area contributed by atoms with E-state index in [0.717, 1.165) is 0 Å². The third kappa shape index (κ3) is 4.09. The van der Waals surface area contributed by atoms with E-state index >= 15 is 0 Å². The summed E-state index contributed by atoms with van der Waals surface area (Å²) in [6.07, 6.45) is 0. The molecule has 7 heteroatoms. The Hall–Kier alpha value is -2.28. The molecule has 1 aromatic heterocycles. The van der Waals surface area contributed by atoms with Crippen LogP contribution in [-0.4, -0.2) is 30.1 Å². The Morgan fingerprint density at radius 3 is 2.62 bits per heavy atom. The predicted molar refractivity (Wildman–Crippen MR) is 74.4 cm³/mol. The highest BCUT2D eigenvalue weighted by Crippen LogP contribution is 2.24. The Labute approximate surface area is 124 Å². The molecule has 0 unspecified atom stereocenters. The van der Waals surface area contributed by atoms with E-state index < -0.39 is 18.5 Å². The summed E-state index contributed by atoms with van der Waals surface area (Å²) < 4.78 is 22.3. The third-order valence-electron chi connectivity index (χ3n) is 2.43. The summed E-state index contributed by atoms with van der Waals surface area (Å²) in [5.74, 6) is -1.66. The van der Waals surface area contributed by atoms with Crippen LogP contribution in [0, 0.1) is 5.82 Å². The maximum Gasteiger partial charge on any atom is 0.358 e. The van der Waals surface area contributed by atoms with Crippen LogP contribution in [0.4, 0.5) is 4.39 Å². The molecule has 0 amide bonds. The maximum atomic E-state index is 12.8. The largest absolute Gasteiger partial charge is 0.463 e. The van der Waals surface area contributed by atoms with Crippen LogP contribution in [-0.2, 0) is 14.3 Å². The van der Waals surface area contributed by atoms with E-state index in [0.29, 0.717) is 10.6 Å². The summed E-state index contributed by atoms with van der Waals surface area (Å²) in [5.41, 5.74) is 0.800. The molecule has 0 spiro atoms. The average molecular weight is 309 g/mol. The van der Waals surface area contributed by atoms with Gasteiger partial charge in [-0.25, -0.2) is 19.0 Å². The summed E-state index contributed by atoms with van der Waals surface area (Å²) in [5, 5.41) is 2.09. The van der Waals surface area contributed by atoms with Crippen molar-refractivity contribution in [2.75, 3.05) is 13.2 Å². The van der Waals surface area contributed by atoms with Gasteiger partial charge in [0, 0.05) is 10.9 Å². The molecule has 1 heterocycles. The second kappa shape index (κ2) is 6.94. The first kappa shape index (κ1) is 15.1.